The highest BCUT2D eigenvalue weighted by molar-refractivity contribution is 8.76. The van der Waals surface area contributed by atoms with E-state index >= 15 is 0 Å². The molecule has 2 amide bonds. The molecule has 4 aliphatic heterocycles. The van der Waals surface area contributed by atoms with Crippen LogP contribution in [0.5, 0.6) is 0 Å². The summed E-state index contributed by atoms with van der Waals surface area (Å²) < 4.78 is 129. The Morgan fingerprint density at radius 3 is 2.29 bits per heavy atom. The van der Waals surface area contributed by atoms with E-state index in [-0.39, 0.29) is 82.4 Å². The van der Waals surface area contributed by atoms with Gasteiger partial charge in [-0.1, -0.05) is 106 Å². The number of anilines is 1. The van der Waals surface area contributed by atoms with Gasteiger partial charge < -0.3 is 59.6 Å². The minimum absolute atomic E-state index is 0.00647. The molecule has 98 heavy (non-hydrogen) atoms. The van der Waals surface area contributed by atoms with Gasteiger partial charge in [-0.2, -0.15) is 21.6 Å². The fraction of sp³-hybridized carbons (Fsp3) is 0.517. The van der Waals surface area contributed by atoms with E-state index in [2.05, 4.69) is 123 Å². The number of amides is 2. The molecule has 1 saturated heterocycles. The minimum Gasteiger partial charge on any atom is -0.387 e. The van der Waals surface area contributed by atoms with Crippen molar-refractivity contribution in [3.8, 4) is 11.8 Å². The molecule has 7 rings (SSSR count). The molecule has 4 aliphatic rings. The van der Waals surface area contributed by atoms with Gasteiger partial charge >= 0.3 is 34.1 Å². The number of carbonyl (C=O) groups is 3. The van der Waals surface area contributed by atoms with E-state index in [1.807, 2.05) is 12.2 Å². The van der Waals surface area contributed by atoms with E-state index in [9.17, 15) is 50.8 Å². The SMILES string of the molecule is CCN1\C(=C/C=C/C=C/C2=[N+](CCCCCC(=O)NCCSSCOCCCCCCC(=O)NCC#Cc3cn([C@H]4C[C@@H](OCS(C)=S)[C@@H](COP(=O)(O)OP(=O)(O)OP(=O)(O)O)O4)c4c3C(=O)CC(N)=N4)c3ccc(S(=O)(=O)O)cc3C2(C)C)C(C)(C)c2ccccc21.O=S(=O)=O. The molecule has 0 saturated carbocycles. The summed E-state index contributed by atoms with van der Waals surface area (Å²) in [7, 11) is -21.9. The number of aliphatic imine (C=N–C) groups is 1. The van der Waals surface area contributed by atoms with Crippen molar-refractivity contribution in [2.45, 2.75) is 139 Å². The summed E-state index contributed by atoms with van der Waals surface area (Å²) in [5, 5.41) is 5.78. The highest BCUT2D eigenvalue weighted by Crippen LogP contribution is 2.66. The number of nitrogens with zero attached hydrogens (tertiary/aromatic N) is 4. The Balaban J connectivity index is 0.00000368. The smallest absolute Gasteiger partial charge is 0.387 e. The Morgan fingerprint density at radius 2 is 1.60 bits per heavy atom. The molecule has 29 nitrogen and oxygen atoms in total. The number of aromatic nitrogens is 1. The average molecular weight is 1540 g/mol. The molecule has 3 aromatic rings. The number of hydrogen-bond acceptors (Lipinski definition) is 23. The third-order valence-electron chi connectivity index (χ3n) is 15.7. The number of fused-ring (bicyclic) bond motifs is 3. The third-order valence-corrected chi connectivity index (χ3v) is 23.2. The van der Waals surface area contributed by atoms with Crippen molar-refractivity contribution in [1.29, 1.82) is 0 Å². The van der Waals surface area contributed by atoms with Gasteiger partial charge in [-0.25, -0.2) is 18.7 Å². The van der Waals surface area contributed by atoms with Crippen LogP contribution in [0.3, 0.4) is 0 Å². The number of amidine groups is 1. The van der Waals surface area contributed by atoms with Gasteiger partial charge in [0.1, 0.15) is 36.5 Å². The van der Waals surface area contributed by atoms with Crippen molar-refractivity contribution in [3.05, 3.63) is 107 Å². The number of phosphoric acid groups is 3. The van der Waals surface area contributed by atoms with Crippen LogP contribution in [0.4, 0.5) is 17.2 Å². The van der Waals surface area contributed by atoms with Crippen LogP contribution in [0.2, 0.25) is 0 Å². The summed E-state index contributed by atoms with van der Waals surface area (Å²) in [6, 6.07) is 13.3. The van der Waals surface area contributed by atoms with Gasteiger partial charge in [-0.05, 0) is 93.7 Å². The number of phosphoric ester groups is 1. The molecule has 1 aromatic heterocycles. The molecule has 9 N–H and O–H groups in total. The van der Waals surface area contributed by atoms with Crippen LogP contribution in [-0.2, 0) is 103 Å². The lowest BCUT2D eigenvalue weighted by atomic mass is 9.81. The highest BCUT2D eigenvalue weighted by Gasteiger charge is 2.47. The van der Waals surface area contributed by atoms with Crippen molar-refractivity contribution in [1.82, 2.24) is 15.2 Å². The number of benzene rings is 2. The monoisotopic (exact) mass is 1540 g/mol. The molecular formula is C60H83N7O22P3S6+. The highest BCUT2D eigenvalue weighted by atomic mass is 33.1. The zero-order chi connectivity index (χ0) is 72.2. The Bertz CT molecular complexity index is 4030. The number of ether oxygens (including phenoxy) is 3. The second-order valence-corrected chi connectivity index (χ2v) is 35.4. The first kappa shape index (κ1) is 82.1. The van der Waals surface area contributed by atoms with Crippen molar-refractivity contribution >= 4 is 133 Å². The van der Waals surface area contributed by atoms with Crippen molar-refractivity contribution < 1.29 is 105 Å². The van der Waals surface area contributed by atoms with E-state index in [1.165, 1.54) is 33.8 Å². The number of Topliss-reactive ketones (excluding diaryl/α,β-unsaturated/α-hetero) is 1. The molecule has 1 fully saturated rings. The predicted molar refractivity (Wildman–Crippen MR) is 376 cm³/mol. The molecule has 5 heterocycles. The van der Waals surface area contributed by atoms with E-state index in [4.69, 9.17) is 58.1 Å². The maximum atomic E-state index is 13.3. The van der Waals surface area contributed by atoms with E-state index in [0.717, 1.165) is 55.6 Å². The fourth-order valence-corrected chi connectivity index (χ4v) is 17.0. The Labute approximate surface area is 586 Å². The van der Waals surface area contributed by atoms with Gasteiger partial charge in [0.05, 0.1) is 53.1 Å². The fourth-order valence-electron chi connectivity index (χ4n) is 11.3. The van der Waals surface area contributed by atoms with Gasteiger partial charge in [-0.15, -0.1) is 12.6 Å². The lowest BCUT2D eigenvalue weighted by molar-refractivity contribution is -0.438. The lowest BCUT2D eigenvalue weighted by Gasteiger charge is -2.25. The first-order valence-electron chi connectivity index (χ1n) is 30.8. The van der Waals surface area contributed by atoms with Gasteiger partial charge in [0.2, 0.25) is 17.5 Å². The molecule has 0 bridgehead atoms. The number of para-hydroxylation sites is 1. The predicted octanol–water partition coefficient (Wildman–Crippen LogP) is 8.33. The Morgan fingerprint density at radius 1 is 0.918 bits per heavy atom. The van der Waals surface area contributed by atoms with Crippen LogP contribution in [0.15, 0.2) is 94.6 Å². The number of carbonyl (C=O) groups excluding carboxylic acids is 3. The minimum atomic E-state index is -5.78. The first-order valence-corrected chi connectivity index (χ1v) is 43.0. The average Bonchev–Trinajstić information content (AvgIpc) is 1.63. The maximum Gasteiger partial charge on any atom is 0.490 e. The summed E-state index contributed by atoms with van der Waals surface area (Å²) in [5.41, 5.74) is 12.1. The molecular weight excluding hydrogens is 1460 g/mol. The van der Waals surface area contributed by atoms with Crippen LogP contribution in [0.1, 0.15) is 139 Å². The molecule has 38 heteroatoms. The number of likely N-dealkylation sites (N-methyl/N-ethyl adjacent to an activating group) is 1. The second-order valence-electron chi connectivity index (χ2n) is 23.6. The summed E-state index contributed by atoms with van der Waals surface area (Å²) in [6.07, 6.45) is 16.6. The molecule has 0 spiro atoms. The standard InChI is InChI=1S/C60H82N7O19P3S5.O3S/c1-7-65-46-23-17-16-22-44(46)59(2,3)51(65)24-12-10-13-25-52-60(4,5)45-35-43(94(78,79)80)28-29-47(45)66(52)32-18-11-15-27-55(70)63-31-34-91-92-40-81-33-19-9-8-14-26-54(69)62-30-20-21-42-38-67(58-57(42)48(68)36-53(61)64-58)56-37-49(82-41-93(6)90)50(84-56)39-83-88(74,75)86-89(76,77)85-87(71,72)73;1-4(2)3/h10,12-13,16-17,22-25,28-29,35,38,49-50,56H,7-9,11,14-15,18-19,26-27,30-34,36-37,39-41H2,1-6H3,(H8-,61,62,63,64,68,69,70,71,72,73,74,75,76,77,78,79,80);/p+1/t49-,50-,56-,93?;/m1./s1. The second kappa shape index (κ2) is 37.4. The summed E-state index contributed by atoms with van der Waals surface area (Å²) >= 11 is 5.24. The van der Waals surface area contributed by atoms with Crippen LogP contribution < -0.4 is 21.3 Å². The van der Waals surface area contributed by atoms with E-state index in [1.54, 1.807) is 40.0 Å². The van der Waals surface area contributed by atoms with Crippen molar-refractivity contribution in [3.63, 3.8) is 0 Å². The van der Waals surface area contributed by atoms with Crippen LogP contribution in [0.25, 0.3) is 0 Å². The number of nitrogens with two attached hydrogens (primary N) is 1. The summed E-state index contributed by atoms with van der Waals surface area (Å²) in [4.78, 5) is 82.6. The molecule has 540 valence electrons. The Hall–Kier alpha value is -4.86. The summed E-state index contributed by atoms with van der Waals surface area (Å²) in [5.74, 6) is 6.63. The van der Waals surface area contributed by atoms with Gasteiger partial charge in [0.15, 0.2) is 11.5 Å². The Kier molecular flexibility index (Phi) is 31.3. The number of hydrogen-bond donors (Lipinski definition) is 8. The number of nitrogens with one attached hydrogen (secondary N) is 2. The van der Waals surface area contributed by atoms with Gasteiger partial charge in [-0.3, -0.25) is 23.5 Å². The lowest BCUT2D eigenvalue weighted by Crippen LogP contribution is -2.29. The molecule has 2 aromatic carbocycles. The zero-order valence-electron chi connectivity index (χ0n) is 54.7. The first-order chi connectivity index (χ1) is 46.0. The van der Waals surface area contributed by atoms with Gasteiger partial charge in [0, 0.05) is 91.8 Å². The van der Waals surface area contributed by atoms with Crippen molar-refractivity contribution in [2.24, 2.45) is 10.7 Å². The van der Waals surface area contributed by atoms with E-state index in [0.29, 0.717) is 50.7 Å². The third kappa shape index (κ3) is 24.7. The topological polar surface area (TPSA) is 418 Å². The molecule has 6 atom stereocenters. The zero-order valence-corrected chi connectivity index (χ0v) is 62.3. The number of ketones is 1. The van der Waals surface area contributed by atoms with Crippen LogP contribution in [-0.4, -0.2) is 159 Å². The van der Waals surface area contributed by atoms with Crippen molar-refractivity contribution in [2.75, 3.05) is 68.2 Å². The van der Waals surface area contributed by atoms with Gasteiger partial charge in [0.25, 0.3) is 10.1 Å². The summed E-state index contributed by atoms with van der Waals surface area (Å²) in [6.45, 7) is 12.5. The maximum absolute atomic E-state index is 13.3. The normalized spacial score (nSPS) is 19.8. The number of unbranched alkanes of at least 4 members (excludes halogenated alkanes) is 5. The largest absolute Gasteiger partial charge is 0.490 e. The number of allylic oxidation sites excluding steroid dienone is 6. The van der Waals surface area contributed by atoms with Crippen LogP contribution in [0, 0.1) is 11.8 Å². The van der Waals surface area contributed by atoms with E-state index < -0.39 is 84.1 Å². The van der Waals surface area contributed by atoms with Crippen LogP contribution >= 0.6 is 45.1 Å². The number of rotatable bonds is 36. The quantitative estimate of drug-likeness (QED) is 0.00396. The molecule has 0 radical (unpaired) electrons. The molecule has 0 aliphatic carbocycles. The molecule has 3 unspecified atom stereocenters.